The van der Waals surface area contributed by atoms with Gasteiger partial charge >= 0.3 is 0 Å². The van der Waals surface area contributed by atoms with Crippen LogP contribution in [0.15, 0.2) is 12.4 Å². The van der Waals surface area contributed by atoms with Gasteiger partial charge in [0.15, 0.2) is 0 Å². The van der Waals surface area contributed by atoms with Gasteiger partial charge in [-0.05, 0) is 6.92 Å². The van der Waals surface area contributed by atoms with Gasteiger partial charge in [0.05, 0.1) is 24.2 Å². The molecule has 66 valence electrons. The molecule has 1 amide bonds. The topological polar surface area (TPSA) is 78.7 Å². The summed E-state index contributed by atoms with van der Waals surface area (Å²) in [5.74, 6) is 0.285. The molecule has 0 aromatic carbocycles. The molecule has 0 aliphatic heterocycles. The lowest BCUT2D eigenvalue weighted by Crippen LogP contribution is -2.10. The zero-order valence-corrected chi connectivity index (χ0v) is 7.11. The van der Waals surface area contributed by atoms with E-state index in [-0.39, 0.29) is 12.3 Å². The summed E-state index contributed by atoms with van der Waals surface area (Å²) in [5.41, 5.74) is 0.505. The number of anilines is 1. The highest BCUT2D eigenvalue weighted by Gasteiger charge is 2.00. The predicted molar refractivity (Wildman–Crippen MR) is 45.6 cm³/mol. The molecule has 0 saturated carbocycles. The SMILES string of the molecule is Cc1ncc(NC(=O)CC#N)cn1. The monoisotopic (exact) mass is 176 g/mol. The van der Waals surface area contributed by atoms with E-state index in [1.807, 2.05) is 0 Å². The number of carbonyl (C=O) groups excluding carboxylic acids is 1. The molecular formula is C8H8N4O. The fourth-order valence-electron chi connectivity index (χ4n) is 0.734. The molecule has 0 radical (unpaired) electrons. The summed E-state index contributed by atoms with van der Waals surface area (Å²) in [5, 5.41) is 10.7. The summed E-state index contributed by atoms with van der Waals surface area (Å²) in [6.07, 6.45) is 2.84. The van der Waals surface area contributed by atoms with E-state index in [0.29, 0.717) is 11.5 Å². The Bertz CT molecular complexity index is 338. The maximum Gasteiger partial charge on any atom is 0.238 e. The van der Waals surface area contributed by atoms with E-state index in [9.17, 15) is 4.79 Å². The fourth-order valence-corrected chi connectivity index (χ4v) is 0.734. The van der Waals surface area contributed by atoms with E-state index < -0.39 is 0 Å². The first-order valence-corrected chi connectivity index (χ1v) is 3.68. The lowest BCUT2D eigenvalue weighted by Gasteiger charge is -2.00. The lowest BCUT2D eigenvalue weighted by molar-refractivity contribution is -0.115. The van der Waals surface area contributed by atoms with Crippen molar-refractivity contribution < 1.29 is 4.79 Å². The van der Waals surface area contributed by atoms with Crippen LogP contribution in [0.3, 0.4) is 0 Å². The minimum absolute atomic E-state index is 0.159. The van der Waals surface area contributed by atoms with Crippen molar-refractivity contribution in [2.24, 2.45) is 0 Å². The van der Waals surface area contributed by atoms with Crippen molar-refractivity contribution in [1.82, 2.24) is 9.97 Å². The molecule has 0 spiro atoms. The highest BCUT2D eigenvalue weighted by atomic mass is 16.1. The first-order valence-electron chi connectivity index (χ1n) is 3.68. The van der Waals surface area contributed by atoms with E-state index in [2.05, 4.69) is 15.3 Å². The number of aryl methyl sites for hydroxylation is 1. The zero-order valence-electron chi connectivity index (χ0n) is 7.11. The van der Waals surface area contributed by atoms with Crippen molar-refractivity contribution in [3.63, 3.8) is 0 Å². The molecule has 5 nitrogen and oxygen atoms in total. The van der Waals surface area contributed by atoms with Crippen molar-refractivity contribution in [2.75, 3.05) is 5.32 Å². The first kappa shape index (κ1) is 9.13. The molecule has 1 N–H and O–H groups in total. The molecule has 0 aliphatic carbocycles. The van der Waals surface area contributed by atoms with E-state index >= 15 is 0 Å². The summed E-state index contributed by atoms with van der Waals surface area (Å²) >= 11 is 0. The molecule has 0 fully saturated rings. The molecule has 1 heterocycles. The highest BCUT2D eigenvalue weighted by molar-refractivity contribution is 5.91. The Morgan fingerprint density at radius 2 is 2.23 bits per heavy atom. The maximum atomic E-state index is 10.9. The standard InChI is InChI=1S/C8H8N4O/c1-6-10-4-7(5-11-6)12-8(13)2-3-9/h4-5H,2H2,1H3,(H,12,13). The van der Waals surface area contributed by atoms with Crippen LogP contribution in [0.5, 0.6) is 0 Å². The van der Waals surface area contributed by atoms with E-state index in [0.717, 1.165) is 0 Å². The third-order valence-corrected chi connectivity index (χ3v) is 1.30. The van der Waals surface area contributed by atoms with Crippen LogP contribution in [0.25, 0.3) is 0 Å². The van der Waals surface area contributed by atoms with Crippen molar-refractivity contribution in [3.05, 3.63) is 18.2 Å². The molecule has 13 heavy (non-hydrogen) atoms. The van der Waals surface area contributed by atoms with Crippen LogP contribution < -0.4 is 5.32 Å². The van der Waals surface area contributed by atoms with Crippen LogP contribution in [-0.4, -0.2) is 15.9 Å². The molecule has 1 aromatic rings. The summed E-state index contributed by atoms with van der Waals surface area (Å²) in [6, 6.07) is 1.75. The molecule has 0 saturated heterocycles. The largest absolute Gasteiger partial charge is 0.323 e. The Morgan fingerprint density at radius 3 is 2.77 bits per heavy atom. The number of amides is 1. The summed E-state index contributed by atoms with van der Waals surface area (Å²) in [7, 11) is 0. The number of rotatable bonds is 2. The number of nitriles is 1. The van der Waals surface area contributed by atoms with Crippen LogP contribution in [-0.2, 0) is 4.79 Å². The number of hydrogen-bond donors (Lipinski definition) is 1. The second-order valence-electron chi connectivity index (χ2n) is 2.40. The summed E-state index contributed by atoms with van der Waals surface area (Å²) in [6.45, 7) is 1.75. The fraction of sp³-hybridized carbons (Fsp3) is 0.250. The first-order chi connectivity index (χ1) is 6.22. The Balaban J connectivity index is 2.60. The van der Waals surface area contributed by atoms with Gasteiger partial charge in [-0.15, -0.1) is 0 Å². The van der Waals surface area contributed by atoms with Gasteiger partial charge in [-0.1, -0.05) is 0 Å². The molecule has 5 heteroatoms. The smallest absolute Gasteiger partial charge is 0.238 e. The van der Waals surface area contributed by atoms with Crippen LogP contribution in [0.1, 0.15) is 12.2 Å². The predicted octanol–water partition coefficient (Wildman–Crippen LogP) is 0.637. The third kappa shape index (κ3) is 2.87. The van der Waals surface area contributed by atoms with E-state index in [4.69, 9.17) is 5.26 Å². The molecule has 1 aromatic heterocycles. The minimum Gasteiger partial charge on any atom is -0.323 e. The van der Waals surface area contributed by atoms with E-state index in [1.165, 1.54) is 12.4 Å². The van der Waals surface area contributed by atoms with Crippen LogP contribution in [0.4, 0.5) is 5.69 Å². The van der Waals surface area contributed by atoms with Gasteiger partial charge in [-0.25, -0.2) is 9.97 Å². The van der Waals surface area contributed by atoms with Crippen molar-refractivity contribution in [1.29, 1.82) is 5.26 Å². The quantitative estimate of drug-likeness (QED) is 0.717. The average Bonchev–Trinajstić information content (AvgIpc) is 2.09. The van der Waals surface area contributed by atoms with Gasteiger partial charge in [-0.2, -0.15) is 5.26 Å². The molecule has 0 aliphatic rings. The highest BCUT2D eigenvalue weighted by Crippen LogP contribution is 2.02. The van der Waals surface area contributed by atoms with Gasteiger partial charge in [0, 0.05) is 0 Å². The van der Waals surface area contributed by atoms with Gasteiger partial charge in [0.1, 0.15) is 12.2 Å². The van der Waals surface area contributed by atoms with Crippen LogP contribution >= 0.6 is 0 Å². The molecule has 0 bridgehead atoms. The van der Waals surface area contributed by atoms with Crippen LogP contribution in [0.2, 0.25) is 0 Å². The second-order valence-corrected chi connectivity index (χ2v) is 2.40. The summed E-state index contributed by atoms with van der Waals surface area (Å²) in [4.78, 5) is 18.7. The van der Waals surface area contributed by atoms with Crippen molar-refractivity contribution >= 4 is 11.6 Å². The normalized spacial score (nSPS) is 8.92. The second kappa shape index (κ2) is 4.16. The number of aromatic nitrogens is 2. The number of nitrogens with zero attached hydrogens (tertiary/aromatic N) is 3. The van der Waals surface area contributed by atoms with Gasteiger partial charge in [0.2, 0.25) is 5.91 Å². The molecule has 1 rings (SSSR count). The average molecular weight is 176 g/mol. The van der Waals surface area contributed by atoms with Crippen LogP contribution in [0, 0.1) is 18.3 Å². The van der Waals surface area contributed by atoms with Crippen molar-refractivity contribution in [3.8, 4) is 6.07 Å². The van der Waals surface area contributed by atoms with Gasteiger partial charge in [0.25, 0.3) is 0 Å². The maximum absolute atomic E-state index is 10.9. The van der Waals surface area contributed by atoms with Crippen molar-refractivity contribution in [2.45, 2.75) is 13.3 Å². The Morgan fingerprint density at radius 1 is 1.62 bits per heavy atom. The van der Waals surface area contributed by atoms with Gasteiger partial charge < -0.3 is 5.32 Å². The number of carbonyl (C=O) groups is 1. The minimum atomic E-state index is -0.352. The number of nitrogens with one attached hydrogen (secondary N) is 1. The Hall–Kier alpha value is -1.96. The Labute approximate surface area is 75.4 Å². The molecule has 0 atom stereocenters. The lowest BCUT2D eigenvalue weighted by atomic mass is 10.4. The number of hydrogen-bond acceptors (Lipinski definition) is 4. The Kier molecular flexibility index (Phi) is 2.92. The zero-order chi connectivity index (χ0) is 9.68. The molecular weight excluding hydrogens is 168 g/mol. The molecule has 0 unspecified atom stereocenters. The van der Waals surface area contributed by atoms with E-state index in [1.54, 1.807) is 13.0 Å². The van der Waals surface area contributed by atoms with Gasteiger partial charge in [-0.3, -0.25) is 4.79 Å². The third-order valence-electron chi connectivity index (χ3n) is 1.30. The summed E-state index contributed by atoms with van der Waals surface area (Å²) < 4.78 is 0.